The van der Waals surface area contributed by atoms with E-state index in [0.717, 1.165) is 61.4 Å². The van der Waals surface area contributed by atoms with Crippen molar-refractivity contribution in [1.29, 1.82) is 0 Å². The van der Waals surface area contributed by atoms with Crippen molar-refractivity contribution in [3.8, 4) is 67.6 Å². The van der Waals surface area contributed by atoms with Gasteiger partial charge in [0, 0.05) is 22.3 Å². The van der Waals surface area contributed by atoms with Crippen LogP contribution in [0.3, 0.4) is 0 Å². The predicted molar refractivity (Wildman–Crippen MR) is 182 cm³/mol. The number of rotatable bonds is 6. The maximum absolute atomic E-state index is 6.02. The van der Waals surface area contributed by atoms with E-state index >= 15 is 0 Å². The summed E-state index contributed by atoms with van der Waals surface area (Å²) < 4.78 is 6.02. The van der Waals surface area contributed by atoms with Crippen LogP contribution in [0.2, 0.25) is 0 Å². The van der Waals surface area contributed by atoms with Gasteiger partial charge >= 0.3 is 0 Å². The molecule has 8 rings (SSSR count). The standard InChI is InChI=1S/C41H27N3O/c1-4-10-28(11-5-1)29-18-22-33(23-19-29)40-42-36(31-12-6-2-7-13-31)27-37(43-40)32-20-16-30(17-21-32)35-24-25-39-38(26-35)44-41(45-39)34-14-8-3-9-15-34/h1-27H. The van der Waals surface area contributed by atoms with Gasteiger partial charge in [0.25, 0.3) is 0 Å². The SMILES string of the molecule is c1ccc(-c2ccc(-c3nc(-c4ccccc4)cc(-c4ccc(-c5ccc6oc(-c7ccccc7)nc6c5)cc4)n3)cc2)cc1. The molecule has 0 spiro atoms. The van der Waals surface area contributed by atoms with E-state index in [1.54, 1.807) is 0 Å². The summed E-state index contributed by atoms with van der Waals surface area (Å²) in [6, 6.07) is 55.8. The van der Waals surface area contributed by atoms with Crippen molar-refractivity contribution < 1.29 is 4.42 Å². The fraction of sp³-hybridized carbons (Fsp3) is 0. The summed E-state index contributed by atoms with van der Waals surface area (Å²) in [5.74, 6) is 1.32. The van der Waals surface area contributed by atoms with Crippen LogP contribution in [-0.2, 0) is 0 Å². The van der Waals surface area contributed by atoms with E-state index in [-0.39, 0.29) is 0 Å². The third kappa shape index (κ3) is 5.41. The Bertz CT molecular complexity index is 2220. The predicted octanol–water partition coefficient (Wildman–Crippen LogP) is 10.6. The topological polar surface area (TPSA) is 51.8 Å². The largest absolute Gasteiger partial charge is 0.436 e. The second-order valence-electron chi connectivity index (χ2n) is 10.9. The zero-order valence-corrected chi connectivity index (χ0v) is 24.3. The second-order valence-corrected chi connectivity index (χ2v) is 10.9. The van der Waals surface area contributed by atoms with Crippen LogP contribution in [-0.4, -0.2) is 15.0 Å². The molecule has 0 amide bonds. The van der Waals surface area contributed by atoms with E-state index in [2.05, 4.69) is 103 Å². The van der Waals surface area contributed by atoms with E-state index in [9.17, 15) is 0 Å². The second kappa shape index (κ2) is 11.5. The summed E-state index contributed by atoms with van der Waals surface area (Å²) in [5.41, 5.74) is 11.9. The lowest BCUT2D eigenvalue weighted by atomic mass is 10.0. The zero-order chi connectivity index (χ0) is 30.0. The van der Waals surface area contributed by atoms with Gasteiger partial charge in [0.1, 0.15) is 5.52 Å². The molecule has 8 aromatic rings. The van der Waals surface area contributed by atoms with Gasteiger partial charge in [-0.1, -0.05) is 133 Å². The fourth-order valence-corrected chi connectivity index (χ4v) is 5.57. The number of aromatic nitrogens is 3. The van der Waals surface area contributed by atoms with Gasteiger partial charge in [0.2, 0.25) is 5.89 Å². The van der Waals surface area contributed by atoms with Gasteiger partial charge < -0.3 is 4.42 Å². The molecule has 2 aromatic heterocycles. The van der Waals surface area contributed by atoms with Crippen molar-refractivity contribution in [2.75, 3.05) is 0 Å². The lowest BCUT2D eigenvalue weighted by Crippen LogP contribution is -1.96. The minimum atomic E-state index is 0.626. The zero-order valence-electron chi connectivity index (χ0n) is 24.3. The smallest absolute Gasteiger partial charge is 0.227 e. The summed E-state index contributed by atoms with van der Waals surface area (Å²) in [6.45, 7) is 0. The van der Waals surface area contributed by atoms with Gasteiger partial charge in [0.15, 0.2) is 11.4 Å². The molecule has 2 heterocycles. The number of oxazole rings is 1. The Hall–Kier alpha value is -6.13. The molecule has 0 aliphatic carbocycles. The van der Waals surface area contributed by atoms with E-state index < -0.39 is 0 Å². The van der Waals surface area contributed by atoms with Crippen LogP contribution >= 0.6 is 0 Å². The molecule has 0 saturated carbocycles. The van der Waals surface area contributed by atoms with Crippen LogP contribution in [0.15, 0.2) is 168 Å². The van der Waals surface area contributed by atoms with Crippen LogP contribution in [0, 0.1) is 0 Å². The van der Waals surface area contributed by atoms with Crippen LogP contribution in [0.1, 0.15) is 0 Å². The molecular weight excluding hydrogens is 550 g/mol. The third-order valence-corrected chi connectivity index (χ3v) is 7.97. The van der Waals surface area contributed by atoms with E-state index in [0.29, 0.717) is 11.7 Å². The first-order chi connectivity index (χ1) is 22.3. The summed E-state index contributed by atoms with van der Waals surface area (Å²) in [7, 11) is 0. The Morgan fingerprint density at radius 1 is 0.333 bits per heavy atom. The average Bonchev–Trinajstić information content (AvgIpc) is 3.57. The third-order valence-electron chi connectivity index (χ3n) is 7.97. The number of fused-ring (bicyclic) bond motifs is 1. The molecule has 0 unspecified atom stereocenters. The van der Waals surface area contributed by atoms with Crippen molar-refractivity contribution >= 4 is 11.1 Å². The molecule has 212 valence electrons. The maximum atomic E-state index is 6.02. The number of nitrogens with zero attached hydrogens (tertiary/aromatic N) is 3. The molecular formula is C41H27N3O. The number of hydrogen-bond donors (Lipinski definition) is 0. The first-order valence-electron chi connectivity index (χ1n) is 14.9. The lowest BCUT2D eigenvalue weighted by molar-refractivity contribution is 0.620. The highest BCUT2D eigenvalue weighted by Gasteiger charge is 2.13. The molecule has 0 aliphatic heterocycles. The molecule has 0 atom stereocenters. The Morgan fingerprint density at radius 3 is 1.40 bits per heavy atom. The molecule has 0 bridgehead atoms. The summed E-state index contributed by atoms with van der Waals surface area (Å²) in [5, 5.41) is 0. The van der Waals surface area contributed by atoms with Crippen molar-refractivity contribution in [1.82, 2.24) is 15.0 Å². The Kier molecular flexibility index (Phi) is 6.78. The molecule has 0 N–H and O–H groups in total. The molecule has 0 fully saturated rings. The first-order valence-corrected chi connectivity index (χ1v) is 14.9. The van der Waals surface area contributed by atoms with Gasteiger partial charge in [-0.15, -0.1) is 0 Å². The molecule has 0 radical (unpaired) electrons. The van der Waals surface area contributed by atoms with Crippen molar-refractivity contribution in [2.45, 2.75) is 0 Å². The lowest BCUT2D eigenvalue weighted by Gasteiger charge is -2.11. The summed E-state index contributed by atoms with van der Waals surface area (Å²) >= 11 is 0. The van der Waals surface area contributed by atoms with E-state index in [1.807, 2.05) is 60.7 Å². The van der Waals surface area contributed by atoms with Crippen LogP contribution in [0.25, 0.3) is 78.7 Å². The number of benzene rings is 6. The maximum Gasteiger partial charge on any atom is 0.227 e. The van der Waals surface area contributed by atoms with Crippen LogP contribution < -0.4 is 0 Å². The molecule has 0 saturated heterocycles. The molecule has 4 heteroatoms. The molecule has 4 nitrogen and oxygen atoms in total. The Morgan fingerprint density at radius 2 is 0.778 bits per heavy atom. The van der Waals surface area contributed by atoms with Gasteiger partial charge in [-0.2, -0.15) is 0 Å². The Balaban J connectivity index is 1.14. The van der Waals surface area contributed by atoms with E-state index in [1.165, 1.54) is 5.56 Å². The van der Waals surface area contributed by atoms with Crippen LogP contribution in [0.4, 0.5) is 0 Å². The first kappa shape index (κ1) is 26.5. The summed E-state index contributed by atoms with van der Waals surface area (Å²) in [6.07, 6.45) is 0. The average molecular weight is 578 g/mol. The van der Waals surface area contributed by atoms with Crippen molar-refractivity contribution in [2.24, 2.45) is 0 Å². The normalized spacial score (nSPS) is 11.1. The minimum Gasteiger partial charge on any atom is -0.436 e. The molecule has 0 aliphatic rings. The molecule has 6 aromatic carbocycles. The van der Waals surface area contributed by atoms with Gasteiger partial charge in [-0.3, -0.25) is 0 Å². The van der Waals surface area contributed by atoms with Crippen molar-refractivity contribution in [3.63, 3.8) is 0 Å². The fourth-order valence-electron chi connectivity index (χ4n) is 5.57. The minimum absolute atomic E-state index is 0.626. The van der Waals surface area contributed by atoms with Crippen molar-refractivity contribution in [3.05, 3.63) is 164 Å². The quantitative estimate of drug-likeness (QED) is 0.197. The van der Waals surface area contributed by atoms with Gasteiger partial charge in [-0.05, 0) is 52.6 Å². The number of hydrogen-bond acceptors (Lipinski definition) is 4. The highest BCUT2D eigenvalue weighted by Crippen LogP contribution is 2.32. The molecule has 45 heavy (non-hydrogen) atoms. The monoisotopic (exact) mass is 577 g/mol. The van der Waals surface area contributed by atoms with Crippen LogP contribution in [0.5, 0.6) is 0 Å². The summed E-state index contributed by atoms with van der Waals surface area (Å²) in [4.78, 5) is 14.8. The van der Waals surface area contributed by atoms with Gasteiger partial charge in [-0.25, -0.2) is 15.0 Å². The Labute approximate surface area is 261 Å². The highest BCUT2D eigenvalue weighted by atomic mass is 16.3. The highest BCUT2D eigenvalue weighted by molar-refractivity contribution is 5.83. The van der Waals surface area contributed by atoms with E-state index in [4.69, 9.17) is 19.4 Å². The van der Waals surface area contributed by atoms with Gasteiger partial charge in [0.05, 0.1) is 11.4 Å².